The second kappa shape index (κ2) is 6.67. The van der Waals surface area contributed by atoms with Crippen molar-refractivity contribution in [3.63, 3.8) is 0 Å². The number of hydrogen-bond donors (Lipinski definition) is 1. The van der Waals surface area contributed by atoms with Gasteiger partial charge in [0.1, 0.15) is 0 Å². The number of rotatable bonds is 3. The van der Waals surface area contributed by atoms with Crippen LogP contribution in [0.4, 0.5) is 0 Å². The Hall–Kier alpha value is -1.30. The van der Waals surface area contributed by atoms with Gasteiger partial charge in [0.15, 0.2) is 0 Å². The minimum atomic E-state index is -0.199. The number of likely N-dealkylation sites (tertiary alicyclic amines) is 2. The molecule has 0 bridgehead atoms. The second-order valence-corrected chi connectivity index (χ2v) is 7.02. The van der Waals surface area contributed by atoms with Crippen molar-refractivity contribution in [2.24, 2.45) is 11.7 Å². The van der Waals surface area contributed by atoms with Gasteiger partial charge < -0.3 is 10.6 Å². The van der Waals surface area contributed by atoms with Gasteiger partial charge in [-0.2, -0.15) is 0 Å². The van der Waals surface area contributed by atoms with Gasteiger partial charge in [-0.05, 0) is 44.1 Å². The first-order valence-electron chi connectivity index (χ1n) is 7.73. The Morgan fingerprint density at radius 1 is 1.09 bits per heavy atom. The number of amides is 2. The summed E-state index contributed by atoms with van der Waals surface area (Å²) in [6, 6.07) is 5.32. The average molecular weight is 356 g/mol. The van der Waals surface area contributed by atoms with E-state index in [2.05, 4.69) is 4.90 Å². The highest BCUT2D eigenvalue weighted by Crippen LogP contribution is 2.26. The summed E-state index contributed by atoms with van der Waals surface area (Å²) in [6.07, 6.45) is 1.62. The Bertz CT molecular complexity index is 624. The summed E-state index contributed by atoms with van der Waals surface area (Å²) in [7, 11) is 0. The van der Waals surface area contributed by atoms with Crippen LogP contribution in [-0.4, -0.2) is 53.8 Å². The van der Waals surface area contributed by atoms with Crippen LogP contribution < -0.4 is 5.73 Å². The van der Waals surface area contributed by atoms with Gasteiger partial charge in [0.05, 0.1) is 10.0 Å². The van der Waals surface area contributed by atoms with E-state index in [1.54, 1.807) is 18.2 Å². The zero-order chi connectivity index (χ0) is 16.6. The molecule has 2 amide bonds. The van der Waals surface area contributed by atoms with E-state index in [9.17, 15) is 9.59 Å². The van der Waals surface area contributed by atoms with Crippen molar-refractivity contribution in [2.45, 2.75) is 18.9 Å². The highest BCUT2D eigenvalue weighted by atomic mass is 35.5. The first-order valence-corrected chi connectivity index (χ1v) is 8.49. The molecule has 3 rings (SSSR count). The van der Waals surface area contributed by atoms with Crippen molar-refractivity contribution >= 4 is 35.0 Å². The van der Waals surface area contributed by atoms with Crippen molar-refractivity contribution in [3.8, 4) is 0 Å². The van der Waals surface area contributed by atoms with E-state index in [0.717, 1.165) is 25.9 Å². The van der Waals surface area contributed by atoms with Crippen LogP contribution in [-0.2, 0) is 4.79 Å². The minimum Gasteiger partial charge on any atom is -0.369 e. The molecule has 0 atom stereocenters. The first-order chi connectivity index (χ1) is 11.0. The number of carbonyl (C=O) groups is 2. The Kier molecular flexibility index (Phi) is 4.80. The number of carbonyl (C=O) groups excluding carboxylic acids is 2. The highest BCUT2D eigenvalue weighted by Gasteiger charge is 2.37. The minimum absolute atomic E-state index is 0.000251. The Morgan fingerprint density at radius 2 is 1.74 bits per heavy atom. The quantitative estimate of drug-likeness (QED) is 0.901. The molecule has 0 saturated carbocycles. The third kappa shape index (κ3) is 3.47. The molecular formula is C16H19Cl2N3O2. The molecule has 0 aliphatic carbocycles. The van der Waals surface area contributed by atoms with Crippen molar-refractivity contribution in [1.82, 2.24) is 9.80 Å². The molecule has 0 aromatic heterocycles. The van der Waals surface area contributed by atoms with Gasteiger partial charge in [0, 0.05) is 30.6 Å². The van der Waals surface area contributed by atoms with E-state index in [-0.39, 0.29) is 17.7 Å². The first kappa shape index (κ1) is 16.6. The van der Waals surface area contributed by atoms with Gasteiger partial charge >= 0.3 is 0 Å². The van der Waals surface area contributed by atoms with Crippen molar-refractivity contribution in [1.29, 1.82) is 0 Å². The summed E-state index contributed by atoms with van der Waals surface area (Å²) < 4.78 is 0. The fourth-order valence-electron chi connectivity index (χ4n) is 3.21. The molecule has 124 valence electrons. The van der Waals surface area contributed by atoms with Crippen LogP contribution in [0.15, 0.2) is 18.2 Å². The van der Waals surface area contributed by atoms with Gasteiger partial charge in [-0.3, -0.25) is 14.5 Å². The normalized spacial score (nSPS) is 20.3. The zero-order valence-electron chi connectivity index (χ0n) is 12.7. The number of hydrogen-bond acceptors (Lipinski definition) is 3. The van der Waals surface area contributed by atoms with Crippen LogP contribution in [0.5, 0.6) is 0 Å². The van der Waals surface area contributed by atoms with Crippen molar-refractivity contribution < 1.29 is 9.59 Å². The molecule has 2 aliphatic rings. The van der Waals surface area contributed by atoms with Crippen LogP contribution in [0.3, 0.4) is 0 Å². The number of nitrogens with zero attached hydrogens (tertiary/aromatic N) is 2. The van der Waals surface area contributed by atoms with Crippen molar-refractivity contribution in [3.05, 3.63) is 33.8 Å². The van der Waals surface area contributed by atoms with Crippen LogP contribution in [0.1, 0.15) is 23.2 Å². The number of piperidine rings is 1. The second-order valence-electron chi connectivity index (χ2n) is 6.21. The molecule has 2 fully saturated rings. The number of benzene rings is 1. The number of halogens is 2. The number of nitrogens with two attached hydrogens (primary N) is 1. The van der Waals surface area contributed by atoms with E-state index in [4.69, 9.17) is 28.9 Å². The third-order valence-corrected chi connectivity index (χ3v) is 5.50. The molecule has 0 radical (unpaired) electrons. The van der Waals surface area contributed by atoms with E-state index in [1.807, 2.05) is 4.90 Å². The Labute approximate surface area is 145 Å². The summed E-state index contributed by atoms with van der Waals surface area (Å²) in [5.74, 6) is -0.221. The van der Waals surface area contributed by atoms with Crippen molar-refractivity contribution in [2.75, 3.05) is 26.2 Å². The zero-order valence-corrected chi connectivity index (χ0v) is 14.2. The fraction of sp³-hybridized carbons (Fsp3) is 0.500. The topological polar surface area (TPSA) is 66.6 Å². The predicted molar refractivity (Wildman–Crippen MR) is 89.6 cm³/mol. The summed E-state index contributed by atoms with van der Waals surface area (Å²) >= 11 is 11.8. The Morgan fingerprint density at radius 3 is 2.30 bits per heavy atom. The molecule has 2 saturated heterocycles. The fourth-order valence-corrected chi connectivity index (χ4v) is 3.51. The van der Waals surface area contributed by atoms with Gasteiger partial charge in [0.25, 0.3) is 5.91 Å². The highest BCUT2D eigenvalue weighted by molar-refractivity contribution is 6.42. The lowest BCUT2D eigenvalue weighted by molar-refractivity contribution is -0.123. The Balaban J connectivity index is 1.52. The molecule has 0 unspecified atom stereocenters. The lowest BCUT2D eigenvalue weighted by Gasteiger charge is -2.47. The molecule has 5 nitrogen and oxygen atoms in total. The maximum atomic E-state index is 12.4. The molecule has 1 aromatic carbocycles. The average Bonchev–Trinajstić information content (AvgIpc) is 2.49. The van der Waals surface area contributed by atoms with Gasteiger partial charge in [-0.15, -0.1) is 0 Å². The van der Waals surface area contributed by atoms with Gasteiger partial charge in [0.2, 0.25) is 5.91 Å². The van der Waals surface area contributed by atoms with Crippen LogP contribution in [0.2, 0.25) is 10.0 Å². The van der Waals surface area contributed by atoms with Gasteiger partial charge in [-0.1, -0.05) is 23.2 Å². The third-order valence-electron chi connectivity index (χ3n) is 4.76. The maximum absolute atomic E-state index is 12.4. The molecule has 2 aliphatic heterocycles. The molecule has 7 heteroatoms. The predicted octanol–water partition coefficient (Wildman–Crippen LogP) is 2.02. The van der Waals surface area contributed by atoms with Crippen LogP contribution in [0.25, 0.3) is 0 Å². The largest absolute Gasteiger partial charge is 0.369 e. The molecule has 0 spiro atoms. The van der Waals surface area contributed by atoms with Crippen LogP contribution in [0, 0.1) is 5.92 Å². The lowest BCUT2D eigenvalue weighted by atomic mass is 9.93. The summed E-state index contributed by atoms with van der Waals surface area (Å²) in [5, 5.41) is 0.838. The molecule has 1 aromatic rings. The molecular weight excluding hydrogens is 337 g/mol. The van der Waals surface area contributed by atoms with Crippen LogP contribution >= 0.6 is 23.2 Å². The summed E-state index contributed by atoms with van der Waals surface area (Å²) in [5.41, 5.74) is 5.91. The van der Waals surface area contributed by atoms with E-state index >= 15 is 0 Å². The molecule has 2 heterocycles. The monoisotopic (exact) mass is 355 g/mol. The van der Waals surface area contributed by atoms with E-state index < -0.39 is 0 Å². The van der Waals surface area contributed by atoms with E-state index in [0.29, 0.717) is 34.7 Å². The SMILES string of the molecule is NC(=O)C1CCN(C2CN(C(=O)c3ccc(Cl)c(Cl)c3)C2)CC1. The summed E-state index contributed by atoms with van der Waals surface area (Å²) in [4.78, 5) is 27.8. The van der Waals surface area contributed by atoms with Gasteiger partial charge in [-0.25, -0.2) is 0 Å². The molecule has 2 N–H and O–H groups in total. The smallest absolute Gasteiger partial charge is 0.254 e. The standard InChI is InChI=1S/C16H19Cl2N3O2/c17-13-2-1-11(7-14(13)18)16(23)21-8-12(9-21)20-5-3-10(4-6-20)15(19)22/h1-2,7,10,12H,3-6,8-9H2,(H2,19,22). The lowest BCUT2D eigenvalue weighted by Crippen LogP contribution is -2.62. The number of primary amides is 1. The maximum Gasteiger partial charge on any atom is 0.254 e. The molecule has 23 heavy (non-hydrogen) atoms. The van der Waals surface area contributed by atoms with E-state index in [1.165, 1.54) is 0 Å². The summed E-state index contributed by atoms with van der Waals surface area (Å²) in [6.45, 7) is 3.15.